The van der Waals surface area contributed by atoms with Gasteiger partial charge in [0.25, 0.3) is 0 Å². The molecule has 2 rings (SSSR count). The fraction of sp³-hybridized carbons (Fsp3) is 0.636. The third kappa shape index (κ3) is 8.41. The number of benzene rings is 1. The second-order valence-corrected chi connectivity index (χ2v) is 7.69. The first-order valence-corrected chi connectivity index (χ1v) is 10.8. The quantitative estimate of drug-likeness (QED) is 0.371. The predicted octanol–water partition coefficient (Wildman–Crippen LogP) is 1.57. The number of rotatable bonds is 9. The van der Waals surface area contributed by atoms with Gasteiger partial charge in [-0.2, -0.15) is 0 Å². The lowest BCUT2D eigenvalue weighted by Gasteiger charge is -2.32. The molecule has 162 valence electrons. The monoisotopic (exact) mass is 403 g/mol. The molecule has 1 atom stereocenters. The van der Waals surface area contributed by atoms with Crippen LogP contribution < -0.4 is 16.0 Å². The van der Waals surface area contributed by atoms with Gasteiger partial charge < -0.3 is 21.1 Å². The lowest BCUT2D eigenvalue weighted by molar-refractivity contribution is -0.122. The summed E-state index contributed by atoms with van der Waals surface area (Å²) < 4.78 is 0. The number of aliphatic imine (C=N–C) groups is 1. The van der Waals surface area contributed by atoms with Gasteiger partial charge in [-0.3, -0.25) is 14.7 Å². The third-order valence-electron chi connectivity index (χ3n) is 5.10. The van der Waals surface area contributed by atoms with Gasteiger partial charge in [0, 0.05) is 32.2 Å². The number of hydrogen-bond acceptors (Lipinski definition) is 4. The number of nitrogens with zero attached hydrogens (tertiary/aromatic N) is 2. The summed E-state index contributed by atoms with van der Waals surface area (Å²) in [5.41, 5.74) is 2.05. The zero-order valence-corrected chi connectivity index (χ0v) is 18.1. The standard InChI is InChI=1S/C22H37N5O2/c1-4-12-24-21(29)16-27-13-10-19(11-14-27)26-22(23-5-2)25-15-20(28)18-8-6-17(3)7-9-18/h6-9,19-20,28H,4-5,10-16H2,1-3H3,(H,24,29)(H2,23,25,26). The first-order chi connectivity index (χ1) is 14.0. The van der Waals surface area contributed by atoms with Gasteiger partial charge >= 0.3 is 0 Å². The average molecular weight is 404 g/mol. The maximum absolute atomic E-state index is 11.9. The van der Waals surface area contributed by atoms with Gasteiger partial charge in [0.1, 0.15) is 0 Å². The second-order valence-electron chi connectivity index (χ2n) is 7.69. The Kier molecular flexibility index (Phi) is 9.94. The van der Waals surface area contributed by atoms with Crippen LogP contribution in [0.1, 0.15) is 50.3 Å². The molecule has 1 heterocycles. The second kappa shape index (κ2) is 12.4. The van der Waals surface area contributed by atoms with E-state index < -0.39 is 6.10 Å². The van der Waals surface area contributed by atoms with E-state index >= 15 is 0 Å². The molecule has 1 aliphatic heterocycles. The molecule has 1 aliphatic rings. The fourth-order valence-electron chi connectivity index (χ4n) is 3.34. The van der Waals surface area contributed by atoms with Crippen molar-refractivity contribution in [2.24, 2.45) is 4.99 Å². The van der Waals surface area contributed by atoms with E-state index in [4.69, 9.17) is 0 Å². The highest BCUT2D eigenvalue weighted by Gasteiger charge is 2.21. The van der Waals surface area contributed by atoms with E-state index in [1.165, 1.54) is 5.56 Å². The van der Waals surface area contributed by atoms with E-state index in [0.717, 1.165) is 57.0 Å². The zero-order valence-electron chi connectivity index (χ0n) is 18.1. The number of nitrogens with one attached hydrogen (secondary N) is 3. The Morgan fingerprint density at radius 2 is 1.90 bits per heavy atom. The summed E-state index contributed by atoms with van der Waals surface area (Å²) in [5.74, 6) is 0.844. The average Bonchev–Trinajstić information content (AvgIpc) is 2.72. The molecule has 1 unspecified atom stereocenters. The molecule has 7 nitrogen and oxygen atoms in total. The Morgan fingerprint density at radius 1 is 1.21 bits per heavy atom. The van der Waals surface area contributed by atoms with Crippen LogP contribution >= 0.6 is 0 Å². The van der Waals surface area contributed by atoms with Crippen molar-refractivity contribution >= 4 is 11.9 Å². The predicted molar refractivity (Wildman–Crippen MR) is 118 cm³/mol. The van der Waals surface area contributed by atoms with Crippen LogP contribution in [0.25, 0.3) is 0 Å². The van der Waals surface area contributed by atoms with Crippen LogP contribution in [0.4, 0.5) is 0 Å². The number of carbonyl (C=O) groups is 1. The maximum atomic E-state index is 11.9. The first-order valence-electron chi connectivity index (χ1n) is 10.8. The minimum absolute atomic E-state index is 0.109. The SMILES string of the molecule is CCCNC(=O)CN1CCC(NC(=NCC(O)c2ccc(C)cc2)NCC)CC1. The smallest absolute Gasteiger partial charge is 0.234 e. The van der Waals surface area contributed by atoms with Crippen LogP contribution in [0.3, 0.4) is 0 Å². The number of guanidine groups is 1. The molecule has 29 heavy (non-hydrogen) atoms. The largest absolute Gasteiger partial charge is 0.386 e. The maximum Gasteiger partial charge on any atom is 0.234 e. The highest BCUT2D eigenvalue weighted by atomic mass is 16.3. The van der Waals surface area contributed by atoms with Crippen LogP contribution in [-0.2, 0) is 4.79 Å². The van der Waals surface area contributed by atoms with E-state index in [1.54, 1.807) is 0 Å². The summed E-state index contributed by atoms with van der Waals surface area (Å²) in [4.78, 5) is 18.7. The topological polar surface area (TPSA) is 89.0 Å². The van der Waals surface area contributed by atoms with Crippen molar-refractivity contribution in [3.05, 3.63) is 35.4 Å². The van der Waals surface area contributed by atoms with Crippen molar-refractivity contribution in [3.63, 3.8) is 0 Å². The van der Waals surface area contributed by atoms with E-state index in [1.807, 2.05) is 38.1 Å². The van der Waals surface area contributed by atoms with Crippen molar-refractivity contribution < 1.29 is 9.90 Å². The summed E-state index contributed by atoms with van der Waals surface area (Å²) in [6, 6.07) is 8.22. The molecular weight excluding hydrogens is 366 g/mol. The lowest BCUT2D eigenvalue weighted by atomic mass is 10.1. The number of aliphatic hydroxyl groups is 1. The van der Waals surface area contributed by atoms with E-state index in [9.17, 15) is 9.90 Å². The summed E-state index contributed by atoms with van der Waals surface area (Å²) in [6.07, 6.45) is 2.27. The highest BCUT2D eigenvalue weighted by molar-refractivity contribution is 5.80. The Balaban J connectivity index is 1.80. The van der Waals surface area contributed by atoms with Crippen molar-refractivity contribution in [2.45, 2.75) is 52.2 Å². The van der Waals surface area contributed by atoms with Gasteiger partial charge in [0.05, 0.1) is 19.2 Å². The zero-order chi connectivity index (χ0) is 21.1. The minimum Gasteiger partial charge on any atom is -0.386 e. The Bertz CT molecular complexity index is 639. The molecule has 0 spiro atoms. The summed E-state index contributed by atoms with van der Waals surface area (Å²) >= 11 is 0. The molecule has 0 aliphatic carbocycles. The Hall–Kier alpha value is -2.12. The molecule has 1 amide bonds. The van der Waals surface area contributed by atoms with Crippen molar-refractivity contribution in [2.75, 3.05) is 39.3 Å². The van der Waals surface area contributed by atoms with Crippen molar-refractivity contribution in [1.29, 1.82) is 0 Å². The van der Waals surface area contributed by atoms with Crippen LogP contribution in [0.2, 0.25) is 0 Å². The molecule has 0 aromatic heterocycles. The van der Waals surface area contributed by atoms with Crippen LogP contribution in [0, 0.1) is 6.92 Å². The van der Waals surface area contributed by atoms with Gasteiger partial charge in [0.2, 0.25) is 5.91 Å². The van der Waals surface area contributed by atoms with Gasteiger partial charge in [-0.1, -0.05) is 36.8 Å². The molecule has 4 N–H and O–H groups in total. The van der Waals surface area contributed by atoms with Gasteiger partial charge in [-0.15, -0.1) is 0 Å². The first kappa shape index (κ1) is 23.2. The van der Waals surface area contributed by atoms with Crippen molar-refractivity contribution in [3.8, 4) is 0 Å². The summed E-state index contributed by atoms with van der Waals surface area (Å²) in [6.45, 7) is 10.2. The summed E-state index contributed by atoms with van der Waals surface area (Å²) in [7, 11) is 0. The normalized spacial score (nSPS) is 17.0. The lowest BCUT2D eigenvalue weighted by Crippen LogP contribution is -2.50. The van der Waals surface area contributed by atoms with E-state index in [-0.39, 0.29) is 5.91 Å². The molecule has 0 radical (unpaired) electrons. The molecular formula is C22H37N5O2. The van der Waals surface area contributed by atoms with Gasteiger partial charge in [-0.05, 0) is 38.7 Å². The number of likely N-dealkylation sites (tertiary alicyclic amines) is 1. The number of piperidine rings is 1. The van der Waals surface area contributed by atoms with Crippen LogP contribution in [0.15, 0.2) is 29.3 Å². The molecule has 1 saturated heterocycles. The number of carbonyl (C=O) groups excluding carboxylic acids is 1. The van der Waals surface area contributed by atoms with Crippen molar-refractivity contribution in [1.82, 2.24) is 20.9 Å². The van der Waals surface area contributed by atoms with Crippen LogP contribution in [0.5, 0.6) is 0 Å². The summed E-state index contributed by atoms with van der Waals surface area (Å²) in [5, 5.41) is 20.1. The fourth-order valence-corrected chi connectivity index (χ4v) is 3.34. The van der Waals surface area contributed by atoms with E-state index in [2.05, 4.69) is 32.8 Å². The Morgan fingerprint density at radius 3 is 2.52 bits per heavy atom. The molecule has 7 heteroatoms. The van der Waals surface area contributed by atoms with E-state index in [0.29, 0.717) is 19.1 Å². The van der Waals surface area contributed by atoms with Gasteiger partial charge in [0.15, 0.2) is 5.96 Å². The van der Waals surface area contributed by atoms with Crippen LogP contribution in [-0.4, -0.2) is 67.2 Å². The number of amides is 1. The molecule has 1 fully saturated rings. The third-order valence-corrected chi connectivity index (χ3v) is 5.10. The Labute approximate surface area is 175 Å². The molecule has 1 aromatic rings. The molecule has 1 aromatic carbocycles. The molecule has 0 bridgehead atoms. The molecule has 0 saturated carbocycles. The van der Waals surface area contributed by atoms with Gasteiger partial charge in [-0.25, -0.2) is 0 Å². The minimum atomic E-state index is -0.616. The number of hydrogen-bond donors (Lipinski definition) is 4. The number of aryl methyl sites for hydroxylation is 1. The highest BCUT2D eigenvalue weighted by Crippen LogP contribution is 2.14. The number of aliphatic hydroxyl groups excluding tert-OH is 1.